The van der Waals surface area contributed by atoms with Crippen LogP contribution in [0.5, 0.6) is 0 Å². The van der Waals surface area contributed by atoms with E-state index in [4.69, 9.17) is 9.47 Å². The summed E-state index contributed by atoms with van der Waals surface area (Å²) < 4.78 is 13.7. The quantitative estimate of drug-likeness (QED) is 0.489. The van der Waals surface area contributed by atoms with Crippen LogP contribution in [0.3, 0.4) is 0 Å². The minimum Gasteiger partial charge on any atom is -0.388 e. The van der Waals surface area contributed by atoms with Crippen LogP contribution >= 0.6 is 0 Å². The van der Waals surface area contributed by atoms with E-state index in [1.165, 1.54) is 6.42 Å². The van der Waals surface area contributed by atoms with Crippen molar-refractivity contribution in [3.05, 3.63) is 18.2 Å². The number of aliphatic hydroxyl groups excluding tert-OH is 1. The first kappa shape index (κ1) is 22.0. The van der Waals surface area contributed by atoms with Gasteiger partial charge in [0.15, 0.2) is 0 Å². The molecule has 10 heteroatoms. The highest BCUT2D eigenvalue weighted by atomic mass is 16.6. The summed E-state index contributed by atoms with van der Waals surface area (Å²) in [4.78, 5) is 28.5. The number of hydrogen-bond acceptors (Lipinski definition) is 6. The fraction of sp³-hybridized carbons (Fsp3) is 0.762. The van der Waals surface area contributed by atoms with E-state index in [0.29, 0.717) is 13.0 Å². The molecule has 0 radical (unpaired) electrons. The molecule has 0 bridgehead atoms. The fourth-order valence-corrected chi connectivity index (χ4v) is 4.71. The van der Waals surface area contributed by atoms with E-state index in [1.54, 1.807) is 6.20 Å². The molecule has 172 valence electrons. The summed E-state index contributed by atoms with van der Waals surface area (Å²) in [6.07, 6.45) is 7.46. The minimum absolute atomic E-state index is 0.125. The van der Waals surface area contributed by atoms with E-state index in [0.717, 1.165) is 31.5 Å². The molecule has 31 heavy (non-hydrogen) atoms. The Hall–Kier alpha value is -2.17. The third kappa shape index (κ3) is 5.55. The van der Waals surface area contributed by atoms with Gasteiger partial charge in [-0.2, -0.15) is 0 Å². The average molecular weight is 436 g/mol. The van der Waals surface area contributed by atoms with Gasteiger partial charge in [0, 0.05) is 38.4 Å². The first-order chi connectivity index (χ1) is 15.0. The van der Waals surface area contributed by atoms with Crippen molar-refractivity contribution in [3.63, 3.8) is 0 Å². The van der Waals surface area contributed by atoms with Gasteiger partial charge >= 0.3 is 6.03 Å². The lowest BCUT2D eigenvalue weighted by Gasteiger charge is -2.24. The summed E-state index contributed by atoms with van der Waals surface area (Å²) in [7, 11) is 1.87. The van der Waals surface area contributed by atoms with Gasteiger partial charge in [-0.3, -0.25) is 4.79 Å². The summed E-state index contributed by atoms with van der Waals surface area (Å²) in [5, 5.41) is 19.2. The van der Waals surface area contributed by atoms with Crippen molar-refractivity contribution in [2.75, 3.05) is 6.54 Å². The fourth-order valence-electron chi connectivity index (χ4n) is 4.71. The maximum Gasteiger partial charge on any atom is 0.315 e. The SMILES string of the molecule is Cn1ccnc1CNC(=O)C[C@@H]1C[C@H]2O[C@H](CNC(=O)NC3CCCCC3)[C@@H](O)[C@H]2O1. The first-order valence-corrected chi connectivity index (χ1v) is 11.3. The van der Waals surface area contributed by atoms with Crippen LogP contribution in [0, 0.1) is 0 Å². The van der Waals surface area contributed by atoms with Gasteiger partial charge in [0.2, 0.25) is 5.91 Å². The molecule has 0 aromatic carbocycles. The number of rotatable bonds is 7. The van der Waals surface area contributed by atoms with Crippen LogP contribution in [0.1, 0.15) is 50.8 Å². The van der Waals surface area contributed by atoms with E-state index in [1.807, 2.05) is 17.8 Å². The van der Waals surface area contributed by atoms with Gasteiger partial charge in [-0.1, -0.05) is 19.3 Å². The molecular weight excluding hydrogens is 402 g/mol. The summed E-state index contributed by atoms with van der Waals surface area (Å²) >= 11 is 0. The number of carbonyl (C=O) groups excluding carboxylic acids is 2. The number of imidazole rings is 1. The zero-order chi connectivity index (χ0) is 21.8. The number of fused-ring (bicyclic) bond motifs is 1. The molecule has 1 aliphatic carbocycles. The number of amides is 3. The molecule has 1 aromatic heterocycles. The van der Waals surface area contributed by atoms with Crippen molar-refractivity contribution < 1.29 is 24.2 Å². The second kappa shape index (κ2) is 9.97. The molecule has 0 spiro atoms. The predicted molar refractivity (Wildman–Crippen MR) is 111 cm³/mol. The molecule has 4 N–H and O–H groups in total. The second-order valence-corrected chi connectivity index (χ2v) is 8.79. The lowest BCUT2D eigenvalue weighted by Crippen LogP contribution is -2.47. The molecule has 4 rings (SSSR count). The Kier molecular flexibility index (Phi) is 7.09. The van der Waals surface area contributed by atoms with Gasteiger partial charge in [0.05, 0.1) is 25.2 Å². The number of aryl methyl sites for hydroxylation is 1. The highest BCUT2D eigenvalue weighted by Crippen LogP contribution is 2.35. The highest BCUT2D eigenvalue weighted by Gasteiger charge is 2.50. The highest BCUT2D eigenvalue weighted by molar-refractivity contribution is 5.76. The van der Waals surface area contributed by atoms with Gasteiger partial charge in [0.25, 0.3) is 0 Å². The Morgan fingerprint density at radius 3 is 2.74 bits per heavy atom. The van der Waals surface area contributed by atoms with Crippen LogP contribution in [-0.4, -0.2) is 69.7 Å². The predicted octanol–water partition coefficient (Wildman–Crippen LogP) is 0.344. The molecule has 3 aliphatic rings. The van der Waals surface area contributed by atoms with Crippen molar-refractivity contribution in [2.45, 2.75) is 88.1 Å². The van der Waals surface area contributed by atoms with E-state index in [2.05, 4.69) is 20.9 Å². The van der Waals surface area contributed by atoms with E-state index >= 15 is 0 Å². The van der Waals surface area contributed by atoms with Crippen molar-refractivity contribution in [2.24, 2.45) is 7.05 Å². The molecule has 2 saturated heterocycles. The Balaban J connectivity index is 1.16. The summed E-state index contributed by atoms with van der Waals surface area (Å²) in [5.41, 5.74) is 0. The van der Waals surface area contributed by atoms with Crippen molar-refractivity contribution in [3.8, 4) is 0 Å². The number of nitrogens with zero attached hydrogens (tertiary/aromatic N) is 2. The number of ether oxygens (including phenoxy) is 2. The standard InChI is InChI=1S/C21H33N5O5/c1-26-8-7-22-17(26)12-23-18(27)10-14-9-15-20(30-14)19(28)16(31-15)11-24-21(29)25-13-5-3-2-4-6-13/h7-8,13-16,19-20,28H,2-6,9-12H2,1H3,(H,23,27)(H2,24,25,29)/t14-,15+,16+,19+,20-/m0/s1. The maximum absolute atomic E-state index is 12.2. The monoisotopic (exact) mass is 435 g/mol. The molecule has 3 heterocycles. The number of nitrogens with one attached hydrogen (secondary N) is 3. The number of hydrogen-bond donors (Lipinski definition) is 4. The number of aliphatic hydroxyl groups is 1. The Labute approximate surface area is 182 Å². The molecule has 3 fully saturated rings. The molecule has 1 aromatic rings. The van der Waals surface area contributed by atoms with Crippen molar-refractivity contribution in [1.82, 2.24) is 25.5 Å². The summed E-state index contributed by atoms with van der Waals surface area (Å²) in [6.45, 7) is 0.586. The lowest BCUT2D eigenvalue weighted by molar-refractivity contribution is -0.125. The third-order valence-corrected chi connectivity index (χ3v) is 6.46. The molecular formula is C21H33N5O5. The average Bonchev–Trinajstić information content (AvgIpc) is 3.42. The Morgan fingerprint density at radius 1 is 1.23 bits per heavy atom. The number of carbonyl (C=O) groups is 2. The van der Waals surface area contributed by atoms with Crippen LogP contribution in [0.2, 0.25) is 0 Å². The van der Waals surface area contributed by atoms with E-state index < -0.39 is 18.3 Å². The first-order valence-electron chi connectivity index (χ1n) is 11.3. The molecule has 1 saturated carbocycles. The van der Waals surface area contributed by atoms with Gasteiger partial charge in [-0.15, -0.1) is 0 Å². The largest absolute Gasteiger partial charge is 0.388 e. The van der Waals surface area contributed by atoms with Crippen LogP contribution in [0.25, 0.3) is 0 Å². The van der Waals surface area contributed by atoms with Crippen molar-refractivity contribution >= 4 is 11.9 Å². The smallest absolute Gasteiger partial charge is 0.315 e. The van der Waals surface area contributed by atoms with Crippen LogP contribution < -0.4 is 16.0 Å². The van der Waals surface area contributed by atoms with Crippen LogP contribution in [0.4, 0.5) is 4.79 Å². The zero-order valence-corrected chi connectivity index (χ0v) is 18.0. The summed E-state index contributed by atoms with van der Waals surface area (Å²) in [6, 6.07) is 0.0122. The van der Waals surface area contributed by atoms with Crippen molar-refractivity contribution in [1.29, 1.82) is 0 Å². The normalized spacial score (nSPS) is 30.7. The van der Waals surface area contributed by atoms with Gasteiger partial charge in [-0.25, -0.2) is 9.78 Å². The van der Waals surface area contributed by atoms with E-state index in [9.17, 15) is 14.7 Å². The van der Waals surface area contributed by atoms with E-state index in [-0.39, 0.29) is 43.2 Å². The molecule has 0 unspecified atom stereocenters. The lowest BCUT2D eigenvalue weighted by atomic mass is 9.96. The molecule has 3 amide bonds. The number of aromatic nitrogens is 2. The minimum atomic E-state index is -0.833. The Bertz CT molecular complexity index is 765. The van der Waals surface area contributed by atoms with Crippen LogP contribution in [0.15, 0.2) is 12.4 Å². The van der Waals surface area contributed by atoms with Gasteiger partial charge < -0.3 is 35.1 Å². The topological polar surface area (TPSA) is 127 Å². The summed E-state index contributed by atoms with van der Waals surface area (Å²) in [5.74, 6) is 0.652. The third-order valence-electron chi connectivity index (χ3n) is 6.46. The number of urea groups is 1. The maximum atomic E-state index is 12.2. The Morgan fingerprint density at radius 2 is 2.03 bits per heavy atom. The van der Waals surface area contributed by atoms with Gasteiger partial charge in [-0.05, 0) is 12.8 Å². The van der Waals surface area contributed by atoms with Gasteiger partial charge in [0.1, 0.15) is 24.1 Å². The molecule has 10 nitrogen and oxygen atoms in total. The second-order valence-electron chi connectivity index (χ2n) is 8.79. The molecule has 5 atom stereocenters. The van der Waals surface area contributed by atoms with Crippen LogP contribution in [-0.2, 0) is 27.9 Å². The zero-order valence-electron chi connectivity index (χ0n) is 18.0. The molecule has 2 aliphatic heterocycles.